The molecule has 0 N–H and O–H groups in total. The maximum Gasteiger partial charge on any atom is 0.191 e. The van der Waals surface area contributed by atoms with Crippen LogP contribution in [0.5, 0.6) is 0 Å². The SMILES string of the molecule is CC(C)(C)[Si](C)(C)OCCc1ccc(Cl)nn1. The molecular weight excluding hydrogens is 252 g/mol. The zero-order valence-electron chi connectivity index (χ0n) is 11.2. The van der Waals surface area contributed by atoms with Gasteiger partial charge in [0.15, 0.2) is 13.5 Å². The van der Waals surface area contributed by atoms with Gasteiger partial charge in [0.2, 0.25) is 0 Å². The van der Waals surface area contributed by atoms with Gasteiger partial charge in [-0.2, -0.15) is 5.10 Å². The van der Waals surface area contributed by atoms with Crippen LogP contribution in [0.3, 0.4) is 0 Å². The lowest BCUT2D eigenvalue weighted by molar-refractivity contribution is 0.290. The predicted molar refractivity (Wildman–Crippen MR) is 73.9 cm³/mol. The Morgan fingerprint density at radius 3 is 2.35 bits per heavy atom. The van der Waals surface area contributed by atoms with Crippen molar-refractivity contribution in [2.24, 2.45) is 0 Å². The van der Waals surface area contributed by atoms with Gasteiger partial charge in [0.1, 0.15) is 0 Å². The smallest absolute Gasteiger partial charge is 0.191 e. The molecule has 0 aliphatic carbocycles. The van der Waals surface area contributed by atoms with Crippen molar-refractivity contribution in [1.82, 2.24) is 10.2 Å². The van der Waals surface area contributed by atoms with Crippen LogP contribution < -0.4 is 0 Å². The van der Waals surface area contributed by atoms with Gasteiger partial charge in [-0.1, -0.05) is 32.4 Å². The van der Waals surface area contributed by atoms with Crippen molar-refractivity contribution in [2.45, 2.75) is 45.3 Å². The Kier molecular flexibility index (Phi) is 4.69. The molecule has 3 nitrogen and oxygen atoms in total. The fourth-order valence-corrected chi connectivity index (χ4v) is 2.25. The Morgan fingerprint density at radius 1 is 1.24 bits per heavy atom. The number of rotatable bonds is 4. The Bertz CT molecular complexity index is 360. The van der Waals surface area contributed by atoms with Gasteiger partial charge in [-0.15, -0.1) is 5.10 Å². The number of nitrogens with zero attached hydrogens (tertiary/aromatic N) is 2. The zero-order chi connectivity index (χ0) is 13.1. The van der Waals surface area contributed by atoms with Gasteiger partial charge < -0.3 is 4.43 Å². The van der Waals surface area contributed by atoms with Crippen molar-refractivity contribution in [1.29, 1.82) is 0 Å². The minimum atomic E-state index is -1.64. The first-order valence-electron chi connectivity index (χ1n) is 5.84. The van der Waals surface area contributed by atoms with Crippen molar-refractivity contribution < 1.29 is 4.43 Å². The molecule has 1 aromatic rings. The van der Waals surface area contributed by atoms with Gasteiger partial charge in [0.05, 0.1) is 5.69 Å². The van der Waals surface area contributed by atoms with Crippen LogP contribution >= 0.6 is 11.6 Å². The first-order chi connectivity index (χ1) is 7.72. The van der Waals surface area contributed by atoms with E-state index < -0.39 is 8.32 Å². The van der Waals surface area contributed by atoms with E-state index in [9.17, 15) is 0 Å². The summed E-state index contributed by atoms with van der Waals surface area (Å²) in [5.74, 6) is 0. The third-order valence-electron chi connectivity index (χ3n) is 3.31. The highest BCUT2D eigenvalue weighted by Gasteiger charge is 2.36. The lowest BCUT2D eigenvalue weighted by Crippen LogP contribution is -2.41. The average Bonchev–Trinajstić information content (AvgIpc) is 2.19. The Balaban J connectivity index is 2.45. The summed E-state index contributed by atoms with van der Waals surface area (Å²) in [4.78, 5) is 0. The molecule has 0 aliphatic rings. The molecule has 1 aromatic heterocycles. The van der Waals surface area contributed by atoms with E-state index in [1.807, 2.05) is 6.07 Å². The maximum atomic E-state index is 6.07. The highest BCUT2D eigenvalue weighted by molar-refractivity contribution is 6.74. The quantitative estimate of drug-likeness (QED) is 0.784. The normalized spacial score (nSPS) is 12.8. The Morgan fingerprint density at radius 2 is 1.88 bits per heavy atom. The van der Waals surface area contributed by atoms with Gasteiger partial charge in [0, 0.05) is 13.0 Å². The number of halogens is 1. The van der Waals surface area contributed by atoms with Crippen LogP contribution in [-0.2, 0) is 10.8 Å². The third kappa shape index (κ3) is 4.37. The van der Waals surface area contributed by atoms with Gasteiger partial charge >= 0.3 is 0 Å². The Labute approximate surface area is 110 Å². The number of hydrogen-bond donors (Lipinski definition) is 0. The van der Waals surface area contributed by atoms with Crippen LogP contribution in [0, 0.1) is 0 Å². The summed E-state index contributed by atoms with van der Waals surface area (Å²) < 4.78 is 6.07. The average molecular weight is 273 g/mol. The van der Waals surface area contributed by atoms with Crippen LogP contribution in [0.25, 0.3) is 0 Å². The Hall–Kier alpha value is -0.453. The molecule has 0 aliphatic heterocycles. The molecule has 0 bridgehead atoms. The van der Waals surface area contributed by atoms with E-state index in [1.54, 1.807) is 6.07 Å². The van der Waals surface area contributed by atoms with Gasteiger partial charge in [-0.05, 0) is 30.3 Å². The first-order valence-corrected chi connectivity index (χ1v) is 9.13. The van der Waals surface area contributed by atoms with Crippen molar-refractivity contribution in [3.05, 3.63) is 23.0 Å². The van der Waals surface area contributed by atoms with Crippen LogP contribution in [0.15, 0.2) is 12.1 Å². The molecule has 0 saturated heterocycles. The van der Waals surface area contributed by atoms with E-state index in [-0.39, 0.29) is 5.04 Å². The maximum absolute atomic E-state index is 6.07. The molecule has 17 heavy (non-hydrogen) atoms. The predicted octanol–water partition coefficient (Wildman–Crippen LogP) is 3.69. The topological polar surface area (TPSA) is 35.0 Å². The first kappa shape index (κ1) is 14.6. The van der Waals surface area contributed by atoms with Gasteiger partial charge in [0.25, 0.3) is 0 Å². The highest BCUT2D eigenvalue weighted by Crippen LogP contribution is 2.36. The van der Waals surface area contributed by atoms with E-state index in [0.29, 0.717) is 11.8 Å². The van der Waals surface area contributed by atoms with Crippen molar-refractivity contribution in [3.63, 3.8) is 0 Å². The third-order valence-corrected chi connectivity index (χ3v) is 8.05. The fraction of sp³-hybridized carbons (Fsp3) is 0.667. The molecule has 1 rings (SSSR count). The van der Waals surface area contributed by atoms with Crippen molar-refractivity contribution >= 4 is 19.9 Å². The van der Waals surface area contributed by atoms with Crippen molar-refractivity contribution in [2.75, 3.05) is 6.61 Å². The molecular formula is C12H21ClN2OSi. The van der Waals surface area contributed by atoms with Gasteiger partial charge in [-0.3, -0.25) is 0 Å². The zero-order valence-corrected chi connectivity index (χ0v) is 13.0. The van der Waals surface area contributed by atoms with E-state index in [2.05, 4.69) is 44.1 Å². The second-order valence-corrected chi connectivity index (χ2v) is 10.9. The number of aromatic nitrogens is 2. The highest BCUT2D eigenvalue weighted by atomic mass is 35.5. The van der Waals surface area contributed by atoms with E-state index in [4.69, 9.17) is 16.0 Å². The monoisotopic (exact) mass is 272 g/mol. The van der Waals surface area contributed by atoms with Crippen LogP contribution in [0.1, 0.15) is 26.5 Å². The van der Waals surface area contributed by atoms with E-state index in [0.717, 1.165) is 12.1 Å². The summed E-state index contributed by atoms with van der Waals surface area (Å²) in [6.07, 6.45) is 0.788. The molecule has 0 spiro atoms. The molecule has 0 radical (unpaired) electrons. The standard InChI is InChI=1S/C12H21ClN2OSi/c1-12(2,3)17(4,5)16-9-8-10-6-7-11(13)15-14-10/h6-7H,8-9H2,1-5H3. The van der Waals surface area contributed by atoms with Crippen LogP contribution in [0.4, 0.5) is 0 Å². The second kappa shape index (κ2) is 5.46. The van der Waals surface area contributed by atoms with Gasteiger partial charge in [-0.25, -0.2) is 0 Å². The molecule has 0 unspecified atom stereocenters. The van der Waals surface area contributed by atoms with Crippen LogP contribution in [0.2, 0.25) is 23.3 Å². The molecule has 1 heterocycles. The van der Waals surface area contributed by atoms with E-state index in [1.165, 1.54) is 0 Å². The molecule has 0 saturated carbocycles. The molecule has 0 fully saturated rings. The summed E-state index contributed by atoms with van der Waals surface area (Å²) in [7, 11) is -1.64. The molecule has 0 amide bonds. The summed E-state index contributed by atoms with van der Waals surface area (Å²) >= 11 is 5.68. The largest absolute Gasteiger partial charge is 0.416 e. The molecule has 0 atom stereocenters. The molecule has 0 aromatic carbocycles. The summed E-state index contributed by atoms with van der Waals surface area (Å²) in [6.45, 7) is 11.9. The summed E-state index contributed by atoms with van der Waals surface area (Å²) in [5, 5.41) is 8.51. The minimum absolute atomic E-state index is 0.249. The summed E-state index contributed by atoms with van der Waals surface area (Å²) in [5.41, 5.74) is 0.924. The van der Waals surface area contributed by atoms with Crippen molar-refractivity contribution in [3.8, 4) is 0 Å². The second-order valence-electron chi connectivity index (χ2n) is 5.71. The molecule has 96 valence electrons. The lowest BCUT2D eigenvalue weighted by Gasteiger charge is -2.36. The summed E-state index contributed by atoms with van der Waals surface area (Å²) in [6, 6.07) is 3.65. The molecule has 5 heteroatoms. The number of hydrogen-bond acceptors (Lipinski definition) is 3. The van der Waals surface area contributed by atoms with E-state index >= 15 is 0 Å². The van der Waals surface area contributed by atoms with Crippen LogP contribution in [-0.4, -0.2) is 25.1 Å². The fourth-order valence-electron chi connectivity index (χ4n) is 1.10. The lowest BCUT2D eigenvalue weighted by atomic mass is 10.2. The minimum Gasteiger partial charge on any atom is -0.416 e.